The minimum Gasteiger partial charge on any atom is -0.314 e. The Labute approximate surface area is 127 Å². The van der Waals surface area contributed by atoms with E-state index in [0.29, 0.717) is 6.04 Å². The molecule has 1 aromatic heterocycles. The molecule has 3 heteroatoms. The van der Waals surface area contributed by atoms with Gasteiger partial charge in [0.1, 0.15) is 0 Å². The van der Waals surface area contributed by atoms with Crippen molar-refractivity contribution in [1.82, 2.24) is 15.1 Å². The fourth-order valence-corrected chi connectivity index (χ4v) is 3.57. The van der Waals surface area contributed by atoms with Gasteiger partial charge in [0.05, 0.1) is 6.20 Å². The lowest BCUT2D eigenvalue weighted by atomic mass is 9.78. The van der Waals surface area contributed by atoms with Crippen molar-refractivity contribution in [3.8, 4) is 0 Å². The third kappa shape index (κ3) is 3.35. The number of nitrogens with zero attached hydrogens (tertiary/aromatic N) is 2. The molecule has 2 aromatic rings. The quantitative estimate of drug-likeness (QED) is 0.914. The highest BCUT2D eigenvalue weighted by Gasteiger charge is 2.26. The van der Waals surface area contributed by atoms with E-state index >= 15 is 0 Å². The first-order chi connectivity index (χ1) is 10.3. The van der Waals surface area contributed by atoms with Gasteiger partial charge < -0.3 is 5.32 Å². The fourth-order valence-electron chi connectivity index (χ4n) is 3.57. The van der Waals surface area contributed by atoms with Crippen molar-refractivity contribution in [3.63, 3.8) is 0 Å². The van der Waals surface area contributed by atoms with Gasteiger partial charge in [-0.2, -0.15) is 5.10 Å². The van der Waals surface area contributed by atoms with Crippen LogP contribution < -0.4 is 5.32 Å². The molecule has 0 fully saturated rings. The minimum atomic E-state index is 0.549. The van der Waals surface area contributed by atoms with Crippen LogP contribution in [0.3, 0.4) is 0 Å². The summed E-state index contributed by atoms with van der Waals surface area (Å²) in [5, 5.41) is 8.00. The number of aromatic nitrogens is 2. The van der Waals surface area contributed by atoms with Crippen LogP contribution in [-0.4, -0.2) is 22.4 Å². The SMILES string of the molecule is CCNC(Cc1cnn(C)c1)C1CCc2ccccc2C1. The zero-order valence-corrected chi connectivity index (χ0v) is 13.0. The summed E-state index contributed by atoms with van der Waals surface area (Å²) >= 11 is 0. The molecule has 0 aliphatic heterocycles. The Balaban J connectivity index is 1.72. The molecule has 1 aliphatic carbocycles. The van der Waals surface area contributed by atoms with Gasteiger partial charge in [0.25, 0.3) is 0 Å². The molecule has 0 saturated heterocycles. The van der Waals surface area contributed by atoms with Crippen LogP contribution in [-0.2, 0) is 26.3 Å². The summed E-state index contributed by atoms with van der Waals surface area (Å²) in [5.74, 6) is 0.722. The van der Waals surface area contributed by atoms with Crippen LogP contribution in [0.25, 0.3) is 0 Å². The highest BCUT2D eigenvalue weighted by molar-refractivity contribution is 5.30. The summed E-state index contributed by atoms with van der Waals surface area (Å²) < 4.78 is 1.90. The van der Waals surface area contributed by atoms with Crippen molar-refractivity contribution in [2.75, 3.05) is 6.54 Å². The number of likely N-dealkylation sites (N-methyl/N-ethyl adjacent to an activating group) is 1. The Morgan fingerprint density at radius 3 is 2.86 bits per heavy atom. The van der Waals surface area contributed by atoms with Crippen molar-refractivity contribution in [3.05, 3.63) is 53.3 Å². The molecule has 1 aliphatic rings. The predicted molar refractivity (Wildman–Crippen MR) is 86.3 cm³/mol. The van der Waals surface area contributed by atoms with Crippen LogP contribution in [0.15, 0.2) is 36.7 Å². The molecule has 2 unspecified atom stereocenters. The summed E-state index contributed by atoms with van der Waals surface area (Å²) in [4.78, 5) is 0. The van der Waals surface area contributed by atoms with E-state index in [2.05, 4.69) is 47.8 Å². The molecule has 0 bridgehead atoms. The maximum Gasteiger partial charge on any atom is 0.0522 e. The van der Waals surface area contributed by atoms with E-state index in [1.54, 1.807) is 11.1 Å². The van der Waals surface area contributed by atoms with Gasteiger partial charge in [0, 0.05) is 19.3 Å². The number of hydrogen-bond acceptors (Lipinski definition) is 2. The zero-order valence-electron chi connectivity index (χ0n) is 13.0. The molecule has 0 spiro atoms. The number of nitrogens with one attached hydrogen (secondary N) is 1. The number of aryl methyl sites for hydroxylation is 2. The van der Waals surface area contributed by atoms with Gasteiger partial charge in [-0.05, 0) is 54.8 Å². The number of benzene rings is 1. The maximum absolute atomic E-state index is 4.30. The Morgan fingerprint density at radius 1 is 1.33 bits per heavy atom. The van der Waals surface area contributed by atoms with E-state index < -0.39 is 0 Å². The smallest absolute Gasteiger partial charge is 0.0522 e. The van der Waals surface area contributed by atoms with Crippen LogP contribution in [0.1, 0.15) is 30.0 Å². The molecular formula is C18H25N3. The lowest BCUT2D eigenvalue weighted by molar-refractivity contribution is 0.322. The van der Waals surface area contributed by atoms with E-state index in [4.69, 9.17) is 0 Å². The highest BCUT2D eigenvalue weighted by atomic mass is 15.2. The molecule has 3 rings (SSSR count). The summed E-state index contributed by atoms with van der Waals surface area (Å²) in [6, 6.07) is 9.47. The van der Waals surface area contributed by atoms with Crippen LogP contribution in [0.5, 0.6) is 0 Å². The van der Waals surface area contributed by atoms with E-state index in [0.717, 1.165) is 18.9 Å². The molecule has 1 aromatic carbocycles. The van der Waals surface area contributed by atoms with Crippen LogP contribution in [0, 0.1) is 5.92 Å². The standard InChI is InChI=1S/C18H25N3/c1-3-19-18(10-14-12-20-21(2)13-14)17-9-8-15-6-4-5-7-16(15)11-17/h4-7,12-13,17-19H,3,8-11H2,1-2H3. The van der Waals surface area contributed by atoms with Gasteiger partial charge in [0.2, 0.25) is 0 Å². The number of fused-ring (bicyclic) bond motifs is 1. The van der Waals surface area contributed by atoms with Gasteiger partial charge in [-0.3, -0.25) is 4.68 Å². The number of hydrogen-bond donors (Lipinski definition) is 1. The third-order valence-corrected chi connectivity index (χ3v) is 4.63. The lowest BCUT2D eigenvalue weighted by Crippen LogP contribution is -2.40. The van der Waals surface area contributed by atoms with Crippen LogP contribution in [0.2, 0.25) is 0 Å². The topological polar surface area (TPSA) is 29.9 Å². The third-order valence-electron chi connectivity index (χ3n) is 4.63. The fraction of sp³-hybridized carbons (Fsp3) is 0.500. The Bertz CT molecular complexity index is 588. The molecule has 2 atom stereocenters. The van der Waals surface area contributed by atoms with Gasteiger partial charge >= 0.3 is 0 Å². The van der Waals surface area contributed by atoms with Gasteiger partial charge in [-0.15, -0.1) is 0 Å². The maximum atomic E-state index is 4.30. The normalized spacial score (nSPS) is 19.2. The van der Waals surface area contributed by atoms with E-state index in [9.17, 15) is 0 Å². The van der Waals surface area contributed by atoms with Crippen molar-refractivity contribution in [2.45, 2.75) is 38.6 Å². The van der Waals surface area contributed by atoms with Crippen molar-refractivity contribution < 1.29 is 0 Å². The lowest BCUT2D eigenvalue weighted by Gasteiger charge is -2.32. The molecule has 0 amide bonds. The Hall–Kier alpha value is -1.61. The van der Waals surface area contributed by atoms with Crippen LogP contribution >= 0.6 is 0 Å². The second-order valence-corrected chi connectivity index (χ2v) is 6.16. The minimum absolute atomic E-state index is 0.549. The second kappa shape index (κ2) is 6.44. The van der Waals surface area contributed by atoms with Gasteiger partial charge in [-0.1, -0.05) is 31.2 Å². The van der Waals surface area contributed by atoms with E-state index in [1.165, 1.54) is 24.8 Å². The molecular weight excluding hydrogens is 258 g/mol. The van der Waals surface area contributed by atoms with Crippen LogP contribution in [0.4, 0.5) is 0 Å². The first kappa shape index (κ1) is 14.3. The van der Waals surface area contributed by atoms with Gasteiger partial charge in [-0.25, -0.2) is 0 Å². The van der Waals surface area contributed by atoms with Crippen molar-refractivity contribution in [1.29, 1.82) is 0 Å². The second-order valence-electron chi connectivity index (χ2n) is 6.16. The molecule has 0 radical (unpaired) electrons. The average Bonchev–Trinajstić information content (AvgIpc) is 2.91. The first-order valence-electron chi connectivity index (χ1n) is 8.04. The molecule has 1 N–H and O–H groups in total. The summed E-state index contributed by atoms with van der Waals surface area (Å²) in [6.07, 6.45) is 8.93. The largest absolute Gasteiger partial charge is 0.314 e. The molecule has 3 nitrogen and oxygen atoms in total. The molecule has 1 heterocycles. The van der Waals surface area contributed by atoms with E-state index in [1.807, 2.05) is 17.9 Å². The highest BCUT2D eigenvalue weighted by Crippen LogP contribution is 2.28. The monoisotopic (exact) mass is 283 g/mol. The summed E-state index contributed by atoms with van der Waals surface area (Å²) in [7, 11) is 1.99. The number of rotatable bonds is 5. The van der Waals surface area contributed by atoms with E-state index in [-0.39, 0.29) is 0 Å². The van der Waals surface area contributed by atoms with Crippen molar-refractivity contribution >= 4 is 0 Å². The Kier molecular flexibility index (Phi) is 4.39. The zero-order chi connectivity index (χ0) is 14.7. The molecule has 21 heavy (non-hydrogen) atoms. The summed E-state index contributed by atoms with van der Waals surface area (Å²) in [6.45, 7) is 3.23. The average molecular weight is 283 g/mol. The molecule has 112 valence electrons. The van der Waals surface area contributed by atoms with Crippen molar-refractivity contribution in [2.24, 2.45) is 13.0 Å². The predicted octanol–water partition coefficient (Wildman–Crippen LogP) is 2.75. The summed E-state index contributed by atoms with van der Waals surface area (Å²) in [5.41, 5.74) is 4.43. The molecule has 0 saturated carbocycles. The first-order valence-corrected chi connectivity index (χ1v) is 8.04. The van der Waals surface area contributed by atoms with Gasteiger partial charge in [0.15, 0.2) is 0 Å². The Morgan fingerprint density at radius 2 is 2.14 bits per heavy atom.